The van der Waals surface area contributed by atoms with Gasteiger partial charge in [0.05, 0.1) is 11.3 Å². The smallest absolute Gasteiger partial charge is 0.338 e. The van der Waals surface area contributed by atoms with E-state index in [4.69, 9.17) is 5.26 Å². The van der Waals surface area contributed by atoms with E-state index in [2.05, 4.69) is 25.9 Å². The van der Waals surface area contributed by atoms with Crippen LogP contribution in [0.15, 0.2) is 18.3 Å². The number of H-pyrrole nitrogens is 1. The molecular weight excluding hydrogens is 272 g/mol. The van der Waals surface area contributed by atoms with Gasteiger partial charge in [-0.2, -0.15) is 10.5 Å². The van der Waals surface area contributed by atoms with Gasteiger partial charge in [0.1, 0.15) is 11.6 Å². The Hall–Kier alpha value is -3.21. The van der Waals surface area contributed by atoms with Crippen molar-refractivity contribution in [2.45, 2.75) is 13.8 Å². The predicted molar refractivity (Wildman–Crippen MR) is 74.3 cm³/mol. The average Bonchev–Trinajstić information content (AvgIpc) is 2.96. The first-order valence-corrected chi connectivity index (χ1v) is 5.98. The van der Waals surface area contributed by atoms with E-state index in [1.807, 2.05) is 6.07 Å². The van der Waals surface area contributed by atoms with E-state index in [-0.39, 0.29) is 17.0 Å². The third-order valence-electron chi connectivity index (χ3n) is 2.90. The molecule has 0 saturated carbocycles. The zero-order valence-electron chi connectivity index (χ0n) is 11.4. The molecule has 106 valence electrons. The van der Waals surface area contributed by atoms with Crippen LogP contribution >= 0.6 is 0 Å². The van der Waals surface area contributed by atoms with E-state index >= 15 is 0 Å². The first-order valence-electron chi connectivity index (χ1n) is 5.98. The van der Waals surface area contributed by atoms with E-state index in [9.17, 15) is 9.90 Å². The molecule has 0 bridgehead atoms. The topological polar surface area (TPSA) is 128 Å². The zero-order valence-corrected chi connectivity index (χ0v) is 11.4. The van der Waals surface area contributed by atoms with Gasteiger partial charge >= 0.3 is 5.97 Å². The summed E-state index contributed by atoms with van der Waals surface area (Å²) in [6.07, 6.45) is 1.36. The lowest BCUT2D eigenvalue weighted by atomic mass is 10.0. The summed E-state index contributed by atoms with van der Waals surface area (Å²) >= 11 is 0. The number of aromatic carboxylic acids is 1. The van der Waals surface area contributed by atoms with Gasteiger partial charge in [0.15, 0.2) is 0 Å². The molecule has 0 radical (unpaired) electrons. The fraction of sp³-hybridized carbons (Fsp3) is 0.154. The Balaban J connectivity index is 2.43. The lowest BCUT2D eigenvalue weighted by molar-refractivity contribution is 0.0697. The molecular formula is C13H12N6O2. The summed E-state index contributed by atoms with van der Waals surface area (Å²) in [5.41, 5.74) is 2.11. The maximum absolute atomic E-state index is 11.4. The number of nitrogens with one attached hydrogen (secondary N) is 2. The van der Waals surface area contributed by atoms with Crippen LogP contribution in [0.1, 0.15) is 27.3 Å². The number of aromatic nitrogens is 4. The Labute approximate surface area is 120 Å². The number of tetrazole rings is 1. The summed E-state index contributed by atoms with van der Waals surface area (Å²) in [4.78, 5) is 11.4. The number of carboxylic acid groups (broad SMARTS) is 1. The van der Waals surface area contributed by atoms with Crippen LogP contribution in [-0.2, 0) is 0 Å². The minimum absolute atomic E-state index is 0.132. The number of hydrogen-bond donors (Lipinski definition) is 3. The summed E-state index contributed by atoms with van der Waals surface area (Å²) in [7, 11) is 0. The van der Waals surface area contributed by atoms with Gasteiger partial charge in [-0.15, -0.1) is 10.2 Å². The number of aromatic amines is 1. The standard InChI is InChI=1S/C13H12N6O2/c1-7-3-4-8(2)11(10(7)13(20)21)15-6-9(5-14)12-16-18-19-17-12/h3-4,6,15H,1-2H3,(H,20,21)(H,16,17,18,19). The van der Waals surface area contributed by atoms with Gasteiger partial charge < -0.3 is 10.4 Å². The van der Waals surface area contributed by atoms with Crippen molar-refractivity contribution in [1.29, 1.82) is 5.26 Å². The van der Waals surface area contributed by atoms with E-state index < -0.39 is 5.97 Å². The molecule has 2 rings (SSSR count). The summed E-state index contributed by atoms with van der Waals surface area (Å²) in [6.45, 7) is 3.49. The molecule has 2 aromatic rings. The molecule has 0 atom stereocenters. The fourth-order valence-electron chi connectivity index (χ4n) is 1.84. The van der Waals surface area contributed by atoms with E-state index in [1.54, 1.807) is 26.0 Å². The zero-order chi connectivity index (χ0) is 15.4. The lowest BCUT2D eigenvalue weighted by Gasteiger charge is -2.12. The first-order chi connectivity index (χ1) is 10.0. The third-order valence-corrected chi connectivity index (χ3v) is 2.90. The molecule has 1 aromatic heterocycles. The van der Waals surface area contributed by atoms with Crippen molar-refractivity contribution in [1.82, 2.24) is 20.6 Å². The highest BCUT2D eigenvalue weighted by Gasteiger charge is 2.15. The molecule has 8 heteroatoms. The third kappa shape index (κ3) is 2.87. The Bertz CT molecular complexity index is 743. The Morgan fingerprint density at radius 1 is 1.43 bits per heavy atom. The van der Waals surface area contributed by atoms with Crippen LogP contribution in [0.5, 0.6) is 0 Å². The van der Waals surface area contributed by atoms with Crippen molar-refractivity contribution in [3.8, 4) is 6.07 Å². The van der Waals surface area contributed by atoms with Crippen LogP contribution in [-0.4, -0.2) is 31.7 Å². The second-order valence-electron chi connectivity index (χ2n) is 4.30. The van der Waals surface area contributed by atoms with Crippen molar-refractivity contribution in [2.24, 2.45) is 0 Å². The number of nitrogens with zero attached hydrogens (tertiary/aromatic N) is 4. The minimum atomic E-state index is -1.04. The maximum Gasteiger partial charge on any atom is 0.338 e. The van der Waals surface area contributed by atoms with Crippen LogP contribution in [0.25, 0.3) is 5.57 Å². The number of benzene rings is 1. The van der Waals surface area contributed by atoms with Crippen molar-refractivity contribution in [3.63, 3.8) is 0 Å². The van der Waals surface area contributed by atoms with Gasteiger partial charge in [-0.25, -0.2) is 4.79 Å². The largest absolute Gasteiger partial charge is 0.478 e. The van der Waals surface area contributed by atoms with Crippen LogP contribution in [0.3, 0.4) is 0 Å². The first kappa shape index (κ1) is 14.2. The van der Waals surface area contributed by atoms with Crippen molar-refractivity contribution >= 4 is 17.2 Å². The number of carboxylic acids is 1. The number of rotatable bonds is 4. The van der Waals surface area contributed by atoms with E-state index in [0.717, 1.165) is 5.56 Å². The molecule has 0 spiro atoms. The summed E-state index contributed by atoms with van der Waals surface area (Å²) in [5.74, 6) is -0.905. The number of carbonyl (C=O) groups is 1. The van der Waals surface area contributed by atoms with Crippen LogP contribution in [0.2, 0.25) is 0 Å². The normalized spacial score (nSPS) is 11.0. The lowest BCUT2D eigenvalue weighted by Crippen LogP contribution is -2.07. The second kappa shape index (κ2) is 5.83. The van der Waals surface area contributed by atoms with Gasteiger partial charge in [0.2, 0.25) is 5.82 Å². The minimum Gasteiger partial charge on any atom is -0.478 e. The number of aryl methyl sites for hydroxylation is 2. The fourth-order valence-corrected chi connectivity index (χ4v) is 1.84. The van der Waals surface area contributed by atoms with Crippen molar-refractivity contribution in [2.75, 3.05) is 5.32 Å². The maximum atomic E-state index is 11.4. The molecule has 1 heterocycles. The van der Waals surface area contributed by atoms with Gasteiger partial charge in [-0.3, -0.25) is 0 Å². The summed E-state index contributed by atoms with van der Waals surface area (Å²) in [5, 5.41) is 34.3. The Morgan fingerprint density at radius 2 is 2.14 bits per heavy atom. The highest BCUT2D eigenvalue weighted by Crippen LogP contribution is 2.25. The molecule has 21 heavy (non-hydrogen) atoms. The second-order valence-corrected chi connectivity index (χ2v) is 4.30. The number of anilines is 1. The molecule has 0 aliphatic carbocycles. The summed E-state index contributed by atoms with van der Waals surface area (Å²) < 4.78 is 0. The van der Waals surface area contributed by atoms with Crippen LogP contribution in [0.4, 0.5) is 5.69 Å². The van der Waals surface area contributed by atoms with Crippen molar-refractivity contribution in [3.05, 3.63) is 40.8 Å². The molecule has 0 saturated heterocycles. The highest BCUT2D eigenvalue weighted by molar-refractivity contribution is 5.97. The monoisotopic (exact) mass is 284 g/mol. The number of allylic oxidation sites excluding steroid dienone is 1. The predicted octanol–water partition coefficient (Wildman–Crippen LogP) is 1.49. The molecule has 0 unspecified atom stereocenters. The average molecular weight is 284 g/mol. The molecule has 0 fully saturated rings. The number of nitriles is 1. The molecule has 0 amide bonds. The van der Waals surface area contributed by atoms with Crippen LogP contribution < -0.4 is 5.32 Å². The van der Waals surface area contributed by atoms with Crippen LogP contribution in [0, 0.1) is 25.2 Å². The summed E-state index contributed by atoms with van der Waals surface area (Å²) in [6, 6.07) is 5.46. The van der Waals surface area contributed by atoms with Crippen molar-refractivity contribution < 1.29 is 9.90 Å². The molecule has 0 aliphatic heterocycles. The van der Waals surface area contributed by atoms with Gasteiger partial charge in [0.25, 0.3) is 0 Å². The van der Waals surface area contributed by atoms with Gasteiger partial charge in [-0.05, 0) is 30.2 Å². The van der Waals surface area contributed by atoms with E-state index in [0.29, 0.717) is 11.3 Å². The highest BCUT2D eigenvalue weighted by atomic mass is 16.4. The molecule has 3 N–H and O–H groups in total. The Kier molecular flexibility index (Phi) is 3.95. The molecule has 0 aliphatic rings. The quantitative estimate of drug-likeness (QED) is 0.725. The van der Waals surface area contributed by atoms with Gasteiger partial charge in [0, 0.05) is 6.20 Å². The number of hydrogen-bond acceptors (Lipinski definition) is 6. The molecule has 1 aromatic carbocycles. The van der Waals surface area contributed by atoms with E-state index in [1.165, 1.54) is 6.20 Å². The van der Waals surface area contributed by atoms with Gasteiger partial charge in [-0.1, -0.05) is 12.1 Å². The SMILES string of the molecule is Cc1ccc(C)c(C(=O)O)c1NC=C(C#N)c1nn[nH]n1. The Morgan fingerprint density at radius 3 is 2.71 bits per heavy atom. The molecule has 8 nitrogen and oxygen atoms in total.